The van der Waals surface area contributed by atoms with Crippen LogP contribution in [-0.2, 0) is 0 Å². The van der Waals surface area contributed by atoms with E-state index >= 15 is 0 Å². The zero-order valence-electron chi connectivity index (χ0n) is 10.4. The van der Waals surface area contributed by atoms with Gasteiger partial charge in [-0.15, -0.1) is 0 Å². The number of rotatable bonds is 8. The van der Waals surface area contributed by atoms with Gasteiger partial charge < -0.3 is 15.3 Å². The highest BCUT2D eigenvalue weighted by Crippen LogP contribution is 2.25. The van der Waals surface area contributed by atoms with Gasteiger partial charge in [0.15, 0.2) is 16.6 Å². The van der Waals surface area contributed by atoms with Crippen LogP contribution in [0.25, 0.3) is 0 Å². The number of hydrogen-bond acceptors (Lipinski definition) is 3. The zero-order valence-corrected chi connectivity index (χ0v) is 12.4. The maximum absolute atomic E-state index is 10.4. The molecule has 2 unspecified atom stereocenters. The highest BCUT2D eigenvalue weighted by Gasteiger charge is 2.32. The van der Waals surface area contributed by atoms with Crippen LogP contribution in [0.5, 0.6) is 0 Å². The lowest BCUT2D eigenvalue weighted by atomic mass is 10.5. The minimum Gasteiger partial charge on any atom is -0.432 e. The average Bonchev–Trinajstić information content (AvgIpc) is 2.24. The highest BCUT2D eigenvalue weighted by atomic mass is 28.4. The van der Waals surface area contributed by atoms with Crippen molar-refractivity contribution >= 4 is 16.6 Å². The zero-order chi connectivity index (χ0) is 11.9. The second-order valence-electron chi connectivity index (χ2n) is 4.82. The van der Waals surface area contributed by atoms with Crippen molar-refractivity contribution < 1.29 is 9.59 Å². The fourth-order valence-electron chi connectivity index (χ4n) is 1.59. The first-order valence-corrected chi connectivity index (χ1v) is 11.5. The first kappa shape index (κ1) is 15.3. The predicted octanol–water partition coefficient (Wildman–Crippen LogP) is 1.88. The van der Waals surface area contributed by atoms with E-state index in [1.165, 1.54) is 0 Å². The van der Waals surface area contributed by atoms with E-state index in [9.17, 15) is 9.59 Å². The van der Waals surface area contributed by atoms with E-state index in [4.69, 9.17) is 5.73 Å². The van der Waals surface area contributed by atoms with Gasteiger partial charge in [0, 0.05) is 0 Å². The molecule has 2 atom stereocenters. The third-order valence-corrected chi connectivity index (χ3v) is 10.5. The Morgan fingerprint density at radius 3 is 2.00 bits per heavy atom. The molecule has 0 fully saturated rings. The summed E-state index contributed by atoms with van der Waals surface area (Å²) < 4.78 is 0. The van der Waals surface area contributed by atoms with Gasteiger partial charge in [0.25, 0.3) is 0 Å². The molecule has 92 valence electrons. The summed E-state index contributed by atoms with van der Waals surface area (Å²) in [6, 6.07) is 4.38. The van der Waals surface area contributed by atoms with E-state index in [0.29, 0.717) is 6.54 Å². The van der Waals surface area contributed by atoms with E-state index in [1.54, 1.807) is 0 Å². The molecule has 0 aromatic rings. The van der Waals surface area contributed by atoms with Crippen LogP contribution < -0.4 is 5.73 Å². The van der Waals surface area contributed by atoms with Gasteiger partial charge >= 0.3 is 0 Å². The maximum atomic E-state index is 10.4. The van der Waals surface area contributed by atoms with Gasteiger partial charge in [0.2, 0.25) is 0 Å². The Kier molecular flexibility index (Phi) is 6.94. The van der Waals surface area contributed by atoms with Gasteiger partial charge in [-0.25, -0.2) is 0 Å². The van der Waals surface area contributed by atoms with Crippen LogP contribution >= 0.6 is 0 Å². The van der Waals surface area contributed by atoms with Crippen molar-refractivity contribution in [3.8, 4) is 0 Å². The van der Waals surface area contributed by atoms with Crippen LogP contribution in [0.15, 0.2) is 0 Å². The molecule has 0 aromatic carbocycles. The molecule has 0 rings (SSSR count). The fourth-order valence-corrected chi connectivity index (χ4v) is 7.78. The molecular weight excluding hydrogens is 222 g/mol. The van der Waals surface area contributed by atoms with Gasteiger partial charge in [-0.3, -0.25) is 0 Å². The van der Waals surface area contributed by atoms with Crippen molar-refractivity contribution in [3.63, 3.8) is 0 Å². The van der Waals surface area contributed by atoms with E-state index in [1.807, 2.05) is 13.5 Å². The molecule has 0 saturated carbocycles. The average molecular weight is 250 g/mol. The van der Waals surface area contributed by atoms with Crippen molar-refractivity contribution in [1.29, 1.82) is 0 Å². The fraction of sp³-hybridized carbons (Fsp3) is 1.00. The quantitative estimate of drug-likeness (QED) is 0.576. The first-order chi connectivity index (χ1) is 6.89. The molecular formula is C10H27NO2Si2. The van der Waals surface area contributed by atoms with Crippen molar-refractivity contribution in [2.75, 3.05) is 6.54 Å². The number of nitrogens with two attached hydrogens (primary N) is 1. The summed E-state index contributed by atoms with van der Waals surface area (Å²) in [7, 11) is -4.07. The monoisotopic (exact) mass is 249 g/mol. The van der Waals surface area contributed by atoms with Gasteiger partial charge in [-0.05, 0) is 49.7 Å². The SMILES string of the molecule is CC[Si](C)(O)CC[Si](O)(CC)CCCN. The molecule has 0 radical (unpaired) electrons. The third-order valence-electron chi connectivity index (χ3n) is 3.39. The minimum absolute atomic E-state index is 0.664. The summed E-state index contributed by atoms with van der Waals surface area (Å²) in [6.45, 7) is 6.75. The second-order valence-corrected chi connectivity index (χ2v) is 13.2. The van der Waals surface area contributed by atoms with E-state index < -0.39 is 16.6 Å². The summed E-state index contributed by atoms with van der Waals surface area (Å²) in [5.74, 6) is 0. The van der Waals surface area contributed by atoms with Crippen LogP contribution in [0.1, 0.15) is 20.3 Å². The normalized spacial score (nSPS) is 19.6. The second kappa shape index (κ2) is 6.80. The Balaban J connectivity index is 4.08. The minimum atomic E-state index is -2.08. The lowest BCUT2D eigenvalue weighted by Crippen LogP contribution is -2.38. The lowest BCUT2D eigenvalue weighted by Gasteiger charge is -2.27. The molecule has 0 aliphatic carbocycles. The molecule has 0 heterocycles. The molecule has 4 N–H and O–H groups in total. The molecule has 0 amide bonds. The molecule has 0 spiro atoms. The van der Waals surface area contributed by atoms with E-state index in [-0.39, 0.29) is 0 Å². The summed E-state index contributed by atoms with van der Waals surface area (Å²) in [5, 5.41) is 0. The largest absolute Gasteiger partial charge is 0.432 e. The number of hydrogen-bond donors (Lipinski definition) is 3. The first-order valence-electron chi connectivity index (χ1n) is 6.04. The molecule has 15 heavy (non-hydrogen) atoms. The smallest absolute Gasteiger partial charge is 0.188 e. The van der Waals surface area contributed by atoms with Crippen molar-refractivity contribution in [2.24, 2.45) is 5.73 Å². The molecule has 0 aliphatic rings. The molecule has 0 aliphatic heterocycles. The van der Waals surface area contributed by atoms with Gasteiger partial charge in [0.05, 0.1) is 0 Å². The molecule has 0 aromatic heterocycles. The summed E-state index contributed by atoms with van der Waals surface area (Å²) in [6.07, 6.45) is 0.923. The van der Waals surface area contributed by atoms with Crippen molar-refractivity contribution in [3.05, 3.63) is 0 Å². The molecule has 3 nitrogen and oxygen atoms in total. The molecule has 0 bridgehead atoms. The van der Waals surface area contributed by atoms with Crippen LogP contribution in [0.3, 0.4) is 0 Å². The molecule has 5 heteroatoms. The van der Waals surface area contributed by atoms with Gasteiger partial charge in [-0.1, -0.05) is 13.8 Å². The van der Waals surface area contributed by atoms with Gasteiger partial charge in [-0.2, -0.15) is 0 Å². The Hall–Kier alpha value is 0.314. The summed E-state index contributed by atoms with van der Waals surface area (Å²) in [5.41, 5.74) is 5.47. The Bertz CT molecular complexity index is 179. The van der Waals surface area contributed by atoms with Crippen molar-refractivity contribution in [1.82, 2.24) is 0 Å². The van der Waals surface area contributed by atoms with Crippen LogP contribution in [-0.4, -0.2) is 32.8 Å². The Morgan fingerprint density at radius 1 is 1.00 bits per heavy atom. The highest BCUT2D eigenvalue weighted by molar-refractivity contribution is 6.77. The predicted molar refractivity (Wildman–Crippen MR) is 70.9 cm³/mol. The van der Waals surface area contributed by atoms with Crippen LogP contribution in [0, 0.1) is 0 Å². The van der Waals surface area contributed by atoms with Gasteiger partial charge in [0.1, 0.15) is 0 Å². The Labute approximate surface area is 96.0 Å². The van der Waals surface area contributed by atoms with E-state index in [2.05, 4.69) is 6.92 Å². The van der Waals surface area contributed by atoms with E-state index in [0.717, 1.165) is 36.6 Å². The van der Waals surface area contributed by atoms with Crippen LogP contribution in [0.2, 0.25) is 36.8 Å². The third kappa shape index (κ3) is 6.47. The molecule has 0 saturated heterocycles. The maximum Gasteiger partial charge on any atom is 0.188 e. The lowest BCUT2D eigenvalue weighted by molar-refractivity contribution is 0.512. The van der Waals surface area contributed by atoms with Crippen LogP contribution in [0.4, 0.5) is 0 Å². The Morgan fingerprint density at radius 2 is 1.60 bits per heavy atom. The van der Waals surface area contributed by atoms with Crippen molar-refractivity contribution in [2.45, 2.75) is 57.0 Å². The summed E-state index contributed by atoms with van der Waals surface area (Å²) in [4.78, 5) is 20.4. The summed E-state index contributed by atoms with van der Waals surface area (Å²) >= 11 is 0. The standard InChI is InChI=1S/C10H27NO2Si2/c1-4-14(3,12)9-10-15(13,5-2)8-6-7-11/h12-13H,4-11H2,1-3H3. The topological polar surface area (TPSA) is 66.5 Å².